The Kier molecular flexibility index (Phi) is 3.25. The molecule has 1 rings (SSSR count). The van der Waals surface area contributed by atoms with Crippen molar-refractivity contribution in [1.29, 1.82) is 0 Å². The second-order valence-corrected chi connectivity index (χ2v) is 2.88. The van der Waals surface area contributed by atoms with Gasteiger partial charge in [0.25, 0.3) is 0 Å². The molecule has 0 aromatic heterocycles. The van der Waals surface area contributed by atoms with Crippen LogP contribution in [0.2, 0.25) is 0 Å². The Morgan fingerprint density at radius 2 is 2.15 bits per heavy atom. The van der Waals surface area contributed by atoms with Gasteiger partial charge in [0.05, 0.1) is 7.11 Å². The Bertz CT molecular complexity index is 299. The van der Waals surface area contributed by atoms with E-state index in [-0.39, 0.29) is 5.82 Å². The zero-order valence-corrected chi connectivity index (χ0v) is 8.15. The van der Waals surface area contributed by atoms with E-state index in [0.717, 1.165) is 11.3 Å². The van der Waals surface area contributed by atoms with Gasteiger partial charge in [-0.05, 0) is 31.7 Å². The van der Waals surface area contributed by atoms with Crippen LogP contribution in [0.1, 0.15) is 11.1 Å². The van der Waals surface area contributed by atoms with E-state index in [0.29, 0.717) is 12.1 Å². The molecule has 13 heavy (non-hydrogen) atoms. The summed E-state index contributed by atoms with van der Waals surface area (Å²) >= 11 is 0. The number of nitrogens with one attached hydrogen (secondary N) is 1. The molecule has 0 spiro atoms. The van der Waals surface area contributed by atoms with Gasteiger partial charge in [-0.15, -0.1) is 0 Å². The van der Waals surface area contributed by atoms with Crippen LogP contribution in [-0.4, -0.2) is 14.2 Å². The molecular weight excluding hydrogens is 169 g/mol. The summed E-state index contributed by atoms with van der Waals surface area (Å²) in [6.45, 7) is 2.38. The molecule has 1 aromatic carbocycles. The van der Waals surface area contributed by atoms with Gasteiger partial charge in [0.15, 0.2) is 0 Å². The van der Waals surface area contributed by atoms with Crippen molar-refractivity contribution in [3.05, 3.63) is 29.1 Å². The molecule has 0 bridgehead atoms. The summed E-state index contributed by atoms with van der Waals surface area (Å²) in [6.07, 6.45) is 0. The lowest BCUT2D eigenvalue weighted by atomic mass is 10.1. The molecule has 0 unspecified atom stereocenters. The minimum Gasteiger partial charge on any atom is -0.496 e. The van der Waals surface area contributed by atoms with Crippen LogP contribution in [0.3, 0.4) is 0 Å². The Morgan fingerprint density at radius 3 is 2.69 bits per heavy atom. The van der Waals surface area contributed by atoms with Crippen molar-refractivity contribution >= 4 is 0 Å². The third-order valence-corrected chi connectivity index (χ3v) is 2.07. The van der Waals surface area contributed by atoms with E-state index < -0.39 is 0 Å². The summed E-state index contributed by atoms with van der Waals surface area (Å²) in [5.41, 5.74) is 1.53. The van der Waals surface area contributed by atoms with Crippen molar-refractivity contribution in [3.63, 3.8) is 0 Å². The third kappa shape index (κ3) is 1.98. The molecule has 0 saturated heterocycles. The molecule has 0 atom stereocenters. The average molecular weight is 183 g/mol. The van der Waals surface area contributed by atoms with Gasteiger partial charge in [0.1, 0.15) is 11.6 Å². The Hall–Kier alpha value is -1.09. The van der Waals surface area contributed by atoms with E-state index in [2.05, 4.69) is 5.32 Å². The molecule has 3 heteroatoms. The standard InChI is InChI=1S/C10H14FNO/c1-7-8(6-12-2)9(11)4-5-10(7)13-3/h4-5,12H,6H2,1-3H3. The number of hydrogen-bond acceptors (Lipinski definition) is 2. The van der Waals surface area contributed by atoms with Crippen LogP contribution >= 0.6 is 0 Å². The predicted octanol–water partition coefficient (Wildman–Crippen LogP) is 1.86. The highest BCUT2D eigenvalue weighted by Gasteiger charge is 2.08. The fraction of sp³-hybridized carbons (Fsp3) is 0.400. The predicted molar refractivity (Wildman–Crippen MR) is 50.5 cm³/mol. The maximum Gasteiger partial charge on any atom is 0.128 e. The van der Waals surface area contributed by atoms with E-state index in [1.54, 1.807) is 20.2 Å². The molecule has 0 radical (unpaired) electrons. The van der Waals surface area contributed by atoms with Crippen LogP contribution in [0.5, 0.6) is 5.75 Å². The molecule has 0 aliphatic carbocycles. The number of benzene rings is 1. The van der Waals surface area contributed by atoms with Crippen molar-refractivity contribution < 1.29 is 9.13 Å². The van der Waals surface area contributed by atoms with Crippen molar-refractivity contribution in [2.75, 3.05) is 14.2 Å². The molecule has 0 heterocycles. The minimum absolute atomic E-state index is 0.187. The minimum atomic E-state index is -0.187. The van der Waals surface area contributed by atoms with E-state index in [9.17, 15) is 4.39 Å². The van der Waals surface area contributed by atoms with Crippen LogP contribution < -0.4 is 10.1 Å². The maximum atomic E-state index is 13.3. The lowest BCUT2D eigenvalue weighted by molar-refractivity contribution is 0.409. The Labute approximate surface area is 77.7 Å². The van der Waals surface area contributed by atoms with Crippen LogP contribution in [0, 0.1) is 12.7 Å². The summed E-state index contributed by atoms with van der Waals surface area (Å²) < 4.78 is 18.4. The molecule has 72 valence electrons. The van der Waals surface area contributed by atoms with E-state index in [1.807, 2.05) is 6.92 Å². The van der Waals surface area contributed by atoms with E-state index in [1.165, 1.54) is 6.07 Å². The van der Waals surface area contributed by atoms with Gasteiger partial charge < -0.3 is 10.1 Å². The van der Waals surface area contributed by atoms with Crippen molar-refractivity contribution in [2.24, 2.45) is 0 Å². The summed E-state index contributed by atoms with van der Waals surface area (Å²) in [7, 11) is 3.38. The first kappa shape index (κ1) is 9.99. The number of halogens is 1. The Balaban J connectivity index is 3.13. The SMILES string of the molecule is CNCc1c(F)ccc(OC)c1C. The van der Waals surface area contributed by atoms with E-state index in [4.69, 9.17) is 4.74 Å². The summed E-state index contributed by atoms with van der Waals surface area (Å²) in [6, 6.07) is 3.07. The molecule has 1 N–H and O–H groups in total. The van der Waals surface area contributed by atoms with Crippen LogP contribution in [0.15, 0.2) is 12.1 Å². The van der Waals surface area contributed by atoms with E-state index >= 15 is 0 Å². The van der Waals surface area contributed by atoms with Gasteiger partial charge in [-0.2, -0.15) is 0 Å². The van der Waals surface area contributed by atoms with Crippen molar-refractivity contribution in [3.8, 4) is 5.75 Å². The third-order valence-electron chi connectivity index (χ3n) is 2.07. The first-order valence-electron chi connectivity index (χ1n) is 4.17. The lowest BCUT2D eigenvalue weighted by Crippen LogP contribution is -2.09. The quantitative estimate of drug-likeness (QED) is 0.772. The largest absolute Gasteiger partial charge is 0.496 e. The fourth-order valence-electron chi connectivity index (χ4n) is 1.32. The van der Waals surface area contributed by atoms with Gasteiger partial charge >= 0.3 is 0 Å². The van der Waals surface area contributed by atoms with Gasteiger partial charge in [-0.25, -0.2) is 4.39 Å². The first-order valence-corrected chi connectivity index (χ1v) is 4.17. The fourth-order valence-corrected chi connectivity index (χ4v) is 1.32. The second kappa shape index (κ2) is 4.23. The van der Waals surface area contributed by atoms with Gasteiger partial charge in [0, 0.05) is 12.1 Å². The van der Waals surface area contributed by atoms with Crippen LogP contribution in [0.4, 0.5) is 4.39 Å². The zero-order chi connectivity index (χ0) is 9.84. The summed E-state index contributed by atoms with van der Waals surface area (Å²) in [5.74, 6) is 0.541. The molecule has 0 fully saturated rings. The average Bonchev–Trinajstić information content (AvgIpc) is 2.12. The molecule has 0 aliphatic rings. The molecule has 0 aliphatic heterocycles. The summed E-state index contributed by atoms with van der Waals surface area (Å²) in [5, 5.41) is 2.92. The van der Waals surface area contributed by atoms with Crippen molar-refractivity contribution in [2.45, 2.75) is 13.5 Å². The highest BCUT2D eigenvalue weighted by atomic mass is 19.1. The highest BCUT2D eigenvalue weighted by Crippen LogP contribution is 2.23. The monoisotopic (exact) mass is 183 g/mol. The summed E-state index contributed by atoms with van der Waals surface area (Å²) in [4.78, 5) is 0. The van der Waals surface area contributed by atoms with Gasteiger partial charge in [0.2, 0.25) is 0 Å². The number of hydrogen-bond donors (Lipinski definition) is 1. The zero-order valence-electron chi connectivity index (χ0n) is 8.15. The van der Waals surface area contributed by atoms with Gasteiger partial charge in [-0.3, -0.25) is 0 Å². The topological polar surface area (TPSA) is 21.3 Å². The maximum absolute atomic E-state index is 13.3. The normalized spacial score (nSPS) is 10.2. The lowest BCUT2D eigenvalue weighted by Gasteiger charge is -2.10. The number of methoxy groups -OCH3 is 1. The second-order valence-electron chi connectivity index (χ2n) is 2.88. The number of ether oxygens (including phenoxy) is 1. The highest BCUT2D eigenvalue weighted by molar-refractivity contribution is 5.39. The smallest absolute Gasteiger partial charge is 0.128 e. The van der Waals surface area contributed by atoms with Gasteiger partial charge in [-0.1, -0.05) is 0 Å². The molecule has 1 aromatic rings. The Morgan fingerprint density at radius 1 is 1.46 bits per heavy atom. The molecule has 2 nitrogen and oxygen atoms in total. The first-order chi connectivity index (χ1) is 6.20. The van der Waals surface area contributed by atoms with Crippen LogP contribution in [0.25, 0.3) is 0 Å². The van der Waals surface area contributed by atoms with Crippen LogP contribution in [-0.2, 0) is 6.54 Å². The number of rotatable bonds is 3. The van der Waals surface area contributed by atoms with Crippen molar-refractivity contribution in [1.82, 2.24) is 5.32 Å². The molecule has 0 saturated carbocycles. The molecule has 0 amide bonds. The molecular formula is C10H14FNO.